The van der Waals surface area contributed by atoms with Gasteiger partial charge in [0.05, 0.1) is 12.6 Å². The van der Waals surface area contributed by atoms with E-state index in [1.54, 1.807) is 6.08 Å². The van der Waals surface area contributed by atoms with Crippen LogP contribution in [-0.4, -0.2) is 23.7 Å². The van der Waals surface area contributed by atoms with Gasteiger partial charge in [0.1, 0.15) is 0 Å². The molecular weight excluding hydrogens is 214 g/mol. The highest BCUT2D eigenvalue weighted by Gasteiger charge is 2.05. The molecule has 0 bridgehead atoms. The minimum Gasteiger partial charge on any atom is -0.394 e. The van der Waals surface area contributed by atoms with Gasteiger partial charge in [0.2, 0.25) is 5.91 Å². The number of benzene rings is 1. The van der Waals surface area contributed by atoms with Gasteiger partial charge in [-0.1, -0.05) is 31.2 Å². The molecule has 0 spiro atoms. The zero-order valence-corrected chi connectivity index (χ0v) is 10.3. The van der Waals surface area contributed by atoms with Crippen LogP contribution in [0.3, 0.4) is 0 Å². The van der Waals surface area contributed by atoms with Crippen molar-refractivity contribution in [1.29, 1.82) is 0 Å². The number of nitrogens with one attached hydrogen (secondary N) is 1. The molecule has 2 N–H and O–H groups in total. The predicted octanol–water partition coefficient (Wildman–Crippen LogP) is 1.90. The highest BCUT2D eigenvalue weighted by Crippen LogP contribution is 2.08. The first-order chi connectivity index (χ1) is 8.17. The number of aliphatic hydroxyl groups excluding tert-OH is 1. The lowest BCUT2D eigenvalue weighted by atomic mass is 10.1. The second-order valence-electron chi connectivity index (χ2n) is 3.99. The van der Waals surface area contributed by atoms with Gasteiger partial charge in [-0.2, -0.15) is 0 Å². The Labute approximate surface area is 102 Å². The Morgan fingerprint density at radius 3 is 2.76 bits per heavy atom. The minimum absolute atomic E-state index is 0.0273. The molecule has 3 nitrogen and oxygen atoms in total. The molecule has 0 aliphatic heterocycles. The van der Waals surface area contributed by atoms with Crippen LogP contribution in [0.4, 0.5) is 0 Å². The molecule has 0 aliphatic rings. The molecule has 0 saturated heterocycles. The standard InChI is InChI=1S/C14H19NO2/c1-3-13(10-16)15-14(17)9-8-12-7-5-4-6-11(12)2/h4-9,13,16H,3,10H2,1-2H3,(H,15,17)/b9-8+. The number of aliphatic hydroxyl groups is 1. The number of hydrogen-bond donors (Lipinski definition) is 2. The summed E-state index contributed by atoms with van der Waals surface area (Å²) in [5.74, 6) is -0.172. The zero-order chi connectivity index (χ0) is 12.7. The van der Waals surface area contributed by atoms with Crippen LogP contribution in [0.1, 0.15) is 24.5 Å². The summed E-state index contributed by atoms with van der Waals surface area (Å²) in [6.07, 6.45) is 4.01. The fourth-order valence-corrected chi connectivity index (χ4v) is 1.47. The maximum Gasteiger partial charge on any atom is 0.244 e. The summed E-state index contributed by atoms with van der Waals surface area (Å²) in [6, 6.07) is 7.70. The Kier molecular flexibility index (Phi) is 5.43. The number of hydrogen-bond acceptors (Lipinski definition) is 2. The lowest BCUT2D eigenvalue weighted by Gasteiger charge is -2.11. The molecule has 3 heteroatoms. The molecule has 0 saturated carbocycles. The summed E-state index contributed by atoms with van der Waals surface area (Å²) in [5.41, 5.74) is 2.16. The minimum atomic E-state index is -0.172. The van der Waals surface area contributed by atoms with Crippen LogP contribution in [0, 0.1) is 6.92 Å². The number of rotatable bonds is 5. The van der Waals surface area contributed by atoms with E-state index < -0.39 is 0 Å². The van der Waals surface area contributed by atoms with E-state index in [0.29, 0.717) is 0 Å². The van der Waals surface area contributed by atoms with Crippen molar-refractivity contribution in [3.63, 3.8) is 0 Å². The third kappa shape index (κ3) is 4.41. The molecule has 1 aromatic carbocycles. The summed E-state index contributed by atoms with van der Waals surface area (Å²) in [5, 5.41) is 11.7. The van der Waals surface area contributed by atoms with E-state index in [2.05, 4.69) is 5.32 Å². The molecule has 0 aromatic heterocycles. The molecule has 0 fully saturated rings. The Balaban J connectivity index is 2.60. The molecule has 1 amide bonds. The monoisotopic (exact) mass is 233 g/mol. The lowest BCUT2D eigenvalue weighted by molar-refractivity contribution is -0.117. The second-order valence-corrected chi connectivity index (χ2v) is 3.99. The molecule has 92 valence electrons. The van der Waals surface area contributed by atoms with Crippen LogP contribution in [0.25, 0.3) is 6.08 Å². The summed E-state index contributed by atoms with van der Waals surface area (Å²) in [6.45, 7) is 3.90. The molecular formula is C14H19NO2. The first-order valence-electron chi connectivity index (χ1n) is 5.82. The summed E-state index contributed by atoms with van der Waals surface area (Å²) in [4.78, 5) is 11.5. The van der Waals surface area contributed by atoms with Crippen molar-refractivity contribution >= 4 is 12.0 Å². The van der Waals surface area contributed by atoms with Gasteiger partial charge in [-0.3, -0.25) is 4.79 Å². The molecule has 0 aliphatic carbocycles. The Morgan fingerprint density at radius 2 is 2.18 bits per heavy atom. The van der Waals surface area contributed by atoms with E-state index >= 15 is 0 Å². The van der Waals surface area contributed by atoms with Crippen molar-refractivity contribution in [2.24, 2.45) is 0 Å². The van der Waals surface area contributed by atoms with Gasteiger partial charge in [-0.25, -0.2) is 0 Å². The van der Waals surface area contributed by atoms with Crippen LogP contribution >= 0.6 is 0 Å². The van der Waals surface area contributed by atoms with Crippen molar-refractivity contribution in [2.45, 2.75) is 26.3 Å². The van der Waals surface area contributed by atoms with Crippen LogP contribution in [0.15, 0.2) is 30.3 Å². The van der Waals surface area contributed by atoms with Gasteiger partial charge in [0.15, 0.2) is 0 Å². The first kappa shape index (κ1) is 13.5. The molecule has 1 aromatic rings. The van der Waals surface area contributed by atoms with Gasteiger partial charge < -0.3 is 10.4 Å². The average molecular weight is 233 g/mol. The smallest absolute Gasteiger partial charge is 0.244 e. The van der Waals surface area contributed by atoms with Crippen molar-refractivity contribution in [1.82, 2.24) is 5.32 Å². The largest absolute Gasteiger partial charge is 0.394 e. The van der Waals surface area contributed by atoms with E-state index in [9.17, 15) is 4.79 Å². The highest BCUT2D eigenvalue weighted by atomic mass is 16.3. The SMILES string of the molecule is CCC(CO)NC(=O)/C=C/c1ccccc1C. The zero-order valence-electron chi connectivity index (χ0n) is 10.3. The maximum atomic E-state index is 11.5. The molecule has 1 unspecified atom stereocenters. The van der Waals surface area contributed by atoms with Gasteiger partial charge in [-0.05, 0) is 30.5 Å². The first-order valence-corrected chi connectivity index (χ1v) is 5.82. The third-order valence-corrected chi connectivity index (χ3v) is 2.66. The molecule has 0 radical (unpaired) electrons. The Hall–Kier alpha value is -1.61. The van der Waals surface area contributed by atoms with Crippen LogP contribution in [0.5, 0.6) is 0 Å². The predicted molar refractivity (Wildman–Crippen MR) is 69.5 cm³/mol. The molecule has 1 atom stereocenters. The van der Waals surface area contributed by atoms with Crippen LogP contribution < -0.4 is 5.32 Å². The average Bonchev–Trinajstić information content (AvgIpc) is 2.35. The third-order valence-electron chi connectivity index (χ3n) is 2.66. The van der Waals surface area contributed by atoms with Crippen molar-refractivity contribution in [3.8, 4) is 0 Å². The fraction of sp³-hybridized carbons (Fsp3) is 0.357. The number of carbonyl (C=O) groups excluding carboxylic acids is 1. The van der Waals surface area contributed by atoms with Crippen LogP contribution in [0.2, 0.25) is 0 Å². The topological polar surface area (TPSA) is 49.3 Å². The quantitative estimate of drug-likeness (QED) is 0.763. The van der Waals surface area contributed by atoms with Gasteiger partial charge in [-0.15, -0.1) is 0 Å². The van der Waals surface area contributed by atoms with Gasteiger partial charge in [0, 0.05) is 6.08 Å². The number of carbonyl (C=O) groups is 1. The maximum absolute atomic E-state index is 11.5. The highest BCUT2D eigenvalue weighted by molar-refractivity contribution is 5.92. The van der Waals surface area contributed by atoms with Crippen LogP contribution in [-0.2, 0) is 4.79 Å². The molecule has 17 heavy (non-hydrogen) atoms. The Bertz CT molecular complexity index is 395. The van der Waals surface area contributed by atoms with Crippen molar-refractivity contribution in [2.75, 3.05) is 6.61 Å². The van der Waals surface area contributed by atoms with E-state index in [4.69, 9.17) is 5.11 Å². The number of amides is 1. The lowest BCUT2D eigenvalue weighted by Crippen LogP contribution is -2.35. The van der Waals surface area contributed by atoms with E-state index in [1.807, 2.05) is 38.1 Å². The van der Waals surface area contributed by atoms with Crippen molar-refractivity contribution < 1.29 is 9.90 Å². The summed E-state index contributed by atoms with van der Waals surface area (Å²) in [7, 11) is 0. The summed E-state index contributed by atoms with van der Waals surface area (Å²) < 4.78 is 0. The number of aryl methyl sites for hydroxylation is 1. The van der Waals surface area contributed by atoms with Gasteiger partial charge >= 0.3 is 0 Å². The molecule has 1 rings (SSSR count). The van der Waals surface area contributed by atoms with E-state index in [-0.39, 0.29) is 18.6 Å². The second kappa shape index (κ2) is 6.86. The van der Waals surface area contributed by atoms with E-state index in [0.717, 1.165) is 17.5 Å². The van der Waals surface area contributed by atoms with Gasteiger partial charge in [0.25, 0.3) is 0 Å². The van der Waals surface area contributed by atoms with Crippen molar-refractivity contribution in [3.05, 3.63) is 41.5 Å². The normalized spacial score (nSPS) is 12.6. The summed E-state index contributed by atoms with van der Waals surface area (Å²) >= 11 is 0. The fourth-order valence-electron chi connectivity index (χ4n) is 1.47. The molecule has 0 heterocycles. The van der Waals surface area contributed by atoms with E-state index in [1.165, 1.54) is 6.08 Å². The Morgan fingerprint density at radius 1 is 1.47 bits per heavy atom.